The summed E-state index contributed by atoms with van der Waals surface area (Å²) in [6, 6.07) is 0.755. The molecule has 0 radical (unpaired) electrons. The topological polar surface area (TPSA) is 3.24 Å². The average molecular weight is 236 g/mol. The van der Waals surface area contributed by atoms with Gasteiger partial charge in [0.15, 0.2) is 0 Å². The minimum atomic E-state index is 0.755. The quantitative estimate of drug-likeness (QED) is 0.484. The standard InChI is InChI=1S/C10H22BrN/c1-4-7-10(2)12(3)9-6-5-8-11/h10H,4-9H2,1-3H3. The van der Waals surface area contributed by atoms with Crippen molar-refractivity contribution in [3.8, 4) is 0 Å². The summed E-state index contributed by atoms with van der Waals surface area (Å²) in [6.45, 7) is 5.81. The Morgan fingerprint density at radius 2 is 2.00 bits per heavy atom. The Balaban J connectivity index is 3.35. The number of halogens is 1. The van der Waals surface area contributed by atoms with Crippen molar-refractivity contribution in [3.63, 3.8) is 0 Å². The van der Waals surface area contributed by atoms with Crippen LogP contribution in [-0.2, 0) is 0 Å². The Morgan fingerprint density at radius 3 is 2.50 bits per heavy atom. The molecule has 0 fully saturated rings. The van der Waals surface area contributed by atoms with Crippen LogP contribution in [0.1, 0.15) is 39.5 Å². The first-order chi connectivity index (χ1) is 5.72. The van der Waals surface area contributed by atoms with E-state index in [1.807, 2.05) is 0 Å². The second-order valence-electron chi connectivity index (χ2n) is 3.51. The first kappa shape index (κ1) is 12.4. The second-order valence-corrected chi connectivity index (χ2v) is 4.31. The van der Waals surface area contributed by atoms with E-state index in [9.17, 15) is 0 Å². The Labute approximate surface area is 85.7 Å². The minimum Gasteiger partial charge on any atom is -0.304 e. The Hall–Kier alpha value is 0.440. The van der Waals surface area contributed by atoms with Gasteiger partial charge in [-0.25, -0.2) is 0 Å². The number of nitrogens with zero attached hydrogens (tertiary/aromatic N) is 1. The largest absolute Gasteiger partial charge is 0.304 e. The molecule has 74 valence electrons. The van der Waals surface area contributed by atoms with E-state index in [4.69, 9.17) is 0 Å². The van der Waals surface area contributed by atoms with Gasteiger partial charge in [-0.05, 0) is 39.8 Å². The zero-order valence-corrected chi connectivity index (χ0v) is 10.2. The van der Waals surface area contributed by atoms with Crippen LogP contribution in [0.5, 0.6) is 0 Å². The van der Waals surface area contributed by atoms with Crippen molar-refractivity contribution in [2.45, 2.75) is 45.6 Å². The lowest BCUT2D eigenvalue weighted by Gasteiger charge is -2.23. The highest BCUT2D eigenvalue weighted by molar-refractivity contribution is 9.09. The zero-order chi connectivity index (χ0) is 9.40. The summed E-state index contributed by atoms with van der Waals surface area (Å²) in [4.78, 5) is 2.46. The van der Waals surface area contributed by atoms with E-state index in [2.05, 4.69) is 41.7 Å². The molecule has 1 atom stereocenters. The van der Waals surface area contributed by atoms with Crippen molar-refractivity contribution in [1.29, 1.82) is 0 Å². The summed E-state index contributed by atoms with van der Waals surface area (Å²) >= 11 is 3.45. The van der Waals surface area contributed by atoms with Crippen LogP contribution in [0.25, 0.3) is 0 Å². The van der Waals surface area contributed by atoms with E-state index in [-0.39, 0.29) is 0 Å². The molecule has 0 aliphatic heterocycles. The van der Waals surface area contributed by atoms with Crippen LogP contribution < -0.4 is 0 Å². The Morgan fingerprint density at radius 1 is 1.33 bits per heavy atom. The fourth-order valence-corrected chi connectivity index (χ4v) is 1.71. The molecule has 1 nitrogen and oxygen atoms in total. The average Bonchev–Trinajstić information content (AvgIpc) is 2.05. The van der Waals surface area contributed by atoms with Crippen LogP contribution in [0.3, 0.4) is 0 Å². The lowest BCUT2D eigenvalue weighted by molar-refractivity contribution is 0.242. The molecule has 0 N–H and O–H groups in total. The molecule has 1 unspecified atom stereocenters. The first-order valence-corrected chi connectivity index (χ1v) is 6.10. The number of hydrogen-bond acceptors (Lipinski definition) is 1. The normalized spacial score (nSPS) is 13.8. The highest BCUT2D eigenvalue weighted by atomic mass is 79.9. The van der Waals surface area contributed by atoms with E-state index >= 15 is 0 Å². The number of unbranched alkanes of at least 4 members (excludes halogenated alkanes) is 1. The van der Waals surface area contributed by atoms with E-state index in [1.54, 1.807) is 0 Å². The summed E-state index contributed by atoms with van der Waals surface area (Å²) < 4.78 is 0. The highest BCUT2D eigenvalue weighted by Gasteiger charge is 2.06. The molecule has 0 saturated heterocycles. The summed E-state index contributed by atoms with van der Waals surface area (Å²) in [5.74, 6) is 0. The maximum absolute atomic E-state index is 3.45. The predicted molar refractivity (Wildman–Crippen MR) is 60.0 cm³/mol. The van der Waals surface area contributed by atoms with Gasteiger partial charge in [0.2, 0.25) is 0 Å². The molecule has 0 aromatic carbocycles. The van der Waals surface area contributed by atoms with Crippen molar-refractivity contribution in [2.75, 3.05) is 18.9 Å². The van der Waals surface area contributed by atoms with Gasteiger partial charge in [-0.3, -0.25) is 0 Å². The molecular weight excluding hydrogens is 214 g/mol. The fraction of sp³-hybridized carbons (Fsp3) is 1.00. The third-order valence-electron chi connectivity index (χ3n) is 2.35. The number of rotatable bonds is 7. The summed E-state index contributed by atoms with van der Waals surface area (Å²) in [6.07, 6.45) is 5.23. The maximum Gasteiger partial charge on any atom is 0.00637 e. The van der Waals surface area contributed by atoms with Crippen molar-refractivity contribution in [1.82, 2.24) is 4.90 Å². The van der Waals surface area contributed by atoms with Crippen LogP contribution >= 0.6 is 15.9 Å². The van der Waals surface area contributed by atoms with E-state index in [0.29, 0.717) is 0 Å². The molecule has 0 heterocycles. The Kier molecular flexibility index (Phi) is 8.35. The van der Waals surface area contributed by atoms with Crippen LogP contribution in [0.15, 0.2) is 0 Å². The molecule has 0 saturated carbocycles. The molecule has 0 spiro atoms. The molecule has 0 aromatic heterocycles. The lowest BCUT2D eigenvalue weighted by atomic mass is 10.1. The summed E-state index contributed by atoms with van der Waals surface area (Å²) in [7, 11) is 2.23. The molecule has 0 amide bonds. The predicted octanol–water partition coefficient (Wildman–Crippen LogP) is 3.28. The first-order valence-electron chi connectivity index (χ1n) is 4.98. The van der Waals surface area contributed by atoms with E-state index < -0.39 is 0 Å². The van der Waals surface area contributed by atoms with Crippen molar-refractivity contribution < 1.29 is 0 Å². The molecule has 0 bridgehead atoms. The van der Waals surface area contributed by atoms with E-state index in [1.165, 1.54) is 32.2 Å². The Bertz CT molecular complexity index is 95.8. The third-order valence-corrected chi connectivity index (χ3v) is 2.91. The second kappa shape index (κ2) is 8.06. The van der Waals surface area contributed by atoms with Crippen LogP contribution in [0.2, 0.25) is 0 Å². The SMILES string of the molecule is CCCC(C)N(C)CCCCBr. The van der Waals surface area contributed by atoms with Gasteiger partial charge < -0.3 is 4.90 Å². The molecule has 0 aromatic rings. The van der Waals surface area contributed by atoms with Gasteiger partial charge in [-0.2, -0.15) is 0 Å². The van der Waals surface area contributed by atoms with Crippen LogP contribution in [0.4, 0.5) is 0 Å². The van der Waals surface area contributed by atoms with Crippen LogP contribution in [0, 0.1) is 0 Å². The maximum atomic E-state index is 3.45. The molecular formula is C10H22BrN. The van der Waals surface area contributed by atoms with Gasteiger partial charge >= 0.3 is 0 Å². The van der Waals surface area contributed by atoms with Crippen molar-refractivity contribution in [2.24, 2.45) is 0 Å². The van der Waals surface area contributed by atoms with Gasteiger partial charge in [0.1, 0.15) is 0 Å². The summed E-state index contributed by atoms with van der Waals surface area (Å²) in [5.41, 5.74) is 0. The highest BCUT2D eigenvalue weighted by Crippen LogP contribution is 2.05. The zero-order valence-electron chi connectivity index (χ0n) is 8.65. The van der Waals surface area contributed by atoms with Gasteiger partial charge in [-0.15, -0.1) is 0 Å². The van der Waals surface area contributed by atoms with Gasteiger partial charge in [-0.1, -0.05) is 29.3 Å². The smallest absolute Gasteiger partial charge is 0.00637 e. The molecule has 0 rings (SSSR count). The number of alkyl halides is 1. The molecule has 0 aliphatic carbocycles. The molecule has 0 aliphatic rings. The molecule has 2 heteroatoms. The monoisotopic (exact) mass is 235 g/mol. The van der Waals surface area contributed by atoms with Crippen molar-refractivity contribution >= 4 is 15.9 Å². The minimum absolute atomic E-state index is 0.755. The van der Waals surface area contributed by atoms with Gasteiger partial charge in [0.25, 0.3) is 0 Å². The lowest BCUT2D eigenvalue weighted by Crippen LogP contribution is -2.29. The van der Waals surface area contributed by atoms with E-state index in [0.717, 1.165) is 11.4 Å². The van der Waals surface area contributed by atoms with Crippen LogP contribution in [-0.4, -0.2) is 29.9 Å². The van der Waals surface area contributed by atoms with Gasteiger partial charge in [0, 0.05) is 11.4 Å². The van der Waals surface area contributed by atoms with Gasteiger partial charge in [0.05, 0.1) is 0 Å². The molecule has 12 heavy (non-hydrogen) atoms. The van der Waals surface area contributed by atoms with Crippen molar-refractivity contribution in [3.05, 3.63) is 0 Å². The third kappa shape index (κ3) is 6.01. The fourth-order valence-electron chi connectivity index (χ4n) is 1.31. The number of hydrogen-bond donors (Lipinski definition) is 0. The summed E-state index contributed by atoms with van der Waals surface area (Å²) in [5, 5.41) is 1.14.